The molecule has 0 saturated carbocycles. The zero-order valence-corrected chi connectivity index (χ0v) is 10.1. The second kappa shape index (κ2) is 5.26. The predicted octanol–water partition coefficient (Wildman–Crippen LogP) is 1.73. The summed E-state index contributed by atoms with van der Waals surface area (Å²) in [5.41, 5.74) is 0. The molecule has 2 atom stereocenters. The van der Waals surface area contributed by atoms with Crippen LogP contribution in [0.15, 0.2) is 0 Å². The fraction of sp³-hybridized carbons (Fsp3) is 0.818. The van der Waals surface area contributed by atoms with E-state index >= 15 is 0 Å². The number of hydrogen-bond acceptors (Lipinski definition) is 3. The molecular formula is C11H21N3O. The van der Waals surface area contributed by atoms with Crippen LogP contribution in [-0.2, 0) is 12.8 Å². The Labute approximate surface area is 91.3 Å². The van der Waals surface area contributed by atoms with Gasteiger partial charge in [-0.05, 0) is 20.3 Å². The lowest BCUT2D eigenvalue weighted by Gasteiger charge is -2.15. The number of aromatic nitrogens is 3. The molecule has 4 nitrogen and oxygen atoms in total. The van der Waals surface area contributed by atoms with Crippen LogP contribution in [-0.4, -0.2) is 26.0 Å². The summed E-state index contributed by atoms with van der Waals surface area (Å²) in [4.78, 5) is 4.45. The first-order valence-electron chi connectivity index (χ1n) is 5.70. The molecule has 0 aliphatic rings. The van der Waals surface area contributed by atoms with Crippen molar-refractivity contribution in [1.82, 2.24) is 14.8 Å². The number of aliphatic hydroxyl groups is 1. The number of hydrogen-bond donors (Lipinski definition) is 1. The van der Waals surface area contributed by atoms with Crippen molar-refractivity contribution in [2.24, 2.45) is 0 Å². The Morgan fingerprint density at radius 3 is 2.40 bits per heavy atom. The Bertz CT molecular complexity index is 307. The van der Waals surface area contributed by atoms with Gasteiger partial charge in [-0.3, -0.25) is 0 Å². The maximum Gasteiger partial charge on any atom is 0.150 e. The summed E-state index contributed by atoms with van der Waals surface area (Å²) < 4.78 is 1.95. The maximum absolute atomic E-state index is 9.35. The fourth-order valence-corrected chi connectivity index (χ4v) is 1.74. The third-order valence-corrected chi connectivity index (χ3v) is 2.48. The molecule has 0 spiro atoms. The van der Waals surface area contributed by atoms with Crippen LogP contribution in [0, 0.1) is 0 Å². The molecule has 4 heteroatoms. The minimum atomic E-state index is -0.293. The molecule has 0 fully saturated rings. The predicted molar refractivity (Wildman–Crippen MR) is 59.8 cm³/mol. The Balaban J connectivity index is 2.86. The molecule has 1 heterocycles. The van der Waals surface area contributed by atoms with E-state index in [2.05, 4.69) is 30.9 Å². The summed E-state index contributed by atoms with van der Waals surface area (Å²) in [7, 11) is 0. The van der Waals surface area contributed by atoms with Crippen molar-refractivity contribution < 1.29 is 5.11 Å². The van der Waals surface area contributed by atoms with Gasteiger partial charge in [0.2, 0.25) is 0 Å². The smallest absolute Gasteiger partial charge is 0.150 e. The van der Waals surface area contributed by atoms with Crippen molar-refractivity contribution in [3.63, 3.8) is 0 Å². The highest BCUT2D eigenvalue weighted by Gasteiger charge is 2.14. The van der Waals surface area contributed by atoms with Crippen molar-refractivity contribution in [1.29, 1.82) is 0 Å². The molecule has 2 unspecified atom stereocenters. The van der Waals surface area contributed by atoms with Crippen LogP contribution >= 0.6 is 0 Å². The SMILES string of the molecule is CCc1nc(CC)n(C(C)CC(C)O)n1. The molecule has 0 aliphatic heterocycles. The van der Waals surface area contributed by atoms with Crippen LogP contribution in [0.2, 0.25) is 0 Å². The van der Waals surface area contributed by atoms with E-state index in [1.807, 2.05) is 4.68 Å². The number of aryl methyl sites for hydroxylation is 2. The highest BCUT2D eigenvalue weighted by molar-refractivity contribution is 4.94. The Kier molecular flexibility index (Phi) is 4.27. The second-order valence-electron chi connectivity index (χ2n) is 4.03. The summed E-state index contributed by atoms with van der Waals surface area (Å²) in [6.45, 7) is 8.01. The zero-order chi connectivity index (χ0) is 11.4. The van der Waals surface area contributed by atoms with Gasteiger partial charge in [0.1, 0.15) is 5.82 Å². The van der Waals surface area contributed by atoms with E-state index in [4.69, 9.17) is 0 Å². The molecule has 0 amide bonds. The first kappa shape index (κ1) is 12.2. The van der Waals surface area contributed by atoms with Crippen LogP contribution in [0.3, 0.4) is 0 Å². The Hall–Kier alpha value is -0.900. The van der Waals surface area contributed by atoms with E-state index in [1.165, 1.54) is 0 Å². The van der Waals surface area contributed by atoms with E-state index in [0.717, 1.165) is 30.9 Å². The maximum atomic E-state index is 9.35. The molecule has 0 radical (unpaired) electrons. The van der Waals surface area contributed by atoms with Gasteiger partial charge in [-0.2, -0.15) is 5.10 Å². The van der Waals surface area contributed by atoms with E-state index in [1.54, 1.807) is 6.92 Å². The number of nitrogens with zero attached hydrogens (tertiary/aromatic N) is 3. The topological polar surface area (TPSA) is 50.9 Å². The highest BCUT2D eigenvalue weighted by Crippen LogP contribution is 2.15. The quantitative estimate of drug-likeness (QED) is 0.807. The summed E-state index contributed by atoms with van der Waals surface area (Å²) in [5.74, 6) is 1.91. The summed E-state index contributed by atoms with van der Waals surface area (Å²) in [6, 6.07) is 0.216. The van der Waals surface area contributed by atoms with Crippen LogP contribution in [0.4, 0.5) is 0 Å². The number of rotatable bonds is 5. The Morgan fingerprint density at radius 2 is 1.93 bits per heavy atom. The van der Waals surface area contributed by atoms with Crippen molar-refractivity contribution in [2.45, 2.75) is 59.1 Å². The van der Waals surface area contributed by atoms with E-state index in [-0.39, 0.29) is 12.1 Å². The molecule has 0 aliphatic carbocycles. The summed E-state index contributed by atoms with van der Waals surface area (Å²) >= 11 is 0. The van der Waals surface area contributed by atoms with Crippen molar-refractivity contribution in [2.75, 3.05) is 0 Å². The van der Waals surface area contributed by atoms with Gasteiger partial charge < -0.3 is 5.11 Å². The van der Waals surface area contributed by atoms with E-state index in [9.17, 15) is 5.11 Å². The lowest BCUT2D eigenvalue weighted by Crippen LogP contribution is -2.15. The van der Waals surface area contributed by atoms with Crippen molar-refractivity contribution >= 4 is 0 Å². The molecule has 86 valence electrons. The Morgan fingerprint density at radius 1 is 1.27 bits per heavy atom. The van der Waals surface area contributed by atoms with Crippen LogP contribution in [0.5, 0.6) is 0 Å². The molecule has 0 saturated heterocycles. The third kappa shape index (κ3) is 3.02. The minimum Gasteiger partial charge on any atom is -0.393 e. The molecule has 1 N–H and O–H groups in total. The highest BCUT2D eigenvalue weighted by atomic mass is 16.3. The van der Waals surface area contributed by atoms with Gasteiger partial charge in [0.15, 0.2) is 5.82 Å². The zero-order valence-electron chi connectivity index (χ0n) is 10.1. The summed E-state index contributed by atoms with van der Waals surface area (Å²) in [6.07, 6.45) is 2.18. The third-order valence-electron chi connectivity index (χ3n) is 2.48. The monoisotopic (exact) mass is 211 g/mol. The second-order valence-corrected chi connectivity index (χ2v) is 4.03. The van der Waals surface area contributed by atoms with Gasteiger partial charge in [0.25, 0.3) is 0 Å². The van der Waals surface area contributed by atoms with Crippen LogP contribution < -0.4 is 0 Å². The lowest BCUT2D eigenvalue weighted by molar-refractivity contribution is 0.161. The van der Waals surface area contributed by atoms with Crippen LogP contribution in [0.25, 0.3) is 0 Å². The van der Waals surface area contributed by atoms with Gasteiger partial charge in [-0.15, -0.1) is 0 Å². The molecule has 0 aromatic carbocycles. The van der Waals surface area contributed by atoms with Gasteiger partial charge in [0.05, 0.1) is 12.1 Å². The molecule has 1 aromatic heterocycles. The minimum absolute atomic E-state index is 0.216. The molecule has 1 rings (SSSR count). The molecular weight excluding hydrogens is 190 g/mol. The molecule has 15 heavy (non-hydrogen) atoms. The van der Waals surface area contributed by atoms with Gasteiger partial charge >= 0.3 is 0 Å². The first-order chi connectivity index (χ1) is 7.08. The van der Waals surface area contributed by atoms with E-state index in [0.29, 0.717) is 0 Å². The lowest BCUT2D eigenvalue weighted by atomic mass is 10.1. The molecule has 0 bridgehead atoms. The van der Waals surface area contributed by atoms with Gasteiger partial charge in [0, 0.05) is 12.8 Å². The largest absolute Gasteiger partial charge is 0.393 e. The van der Waals surface area contributed by atoms with Crippen molar-refractivity contribution in [3.8, 4) is 0 Å². The average molecular weight is 211 g/mol. The van der Waals surface area contributed by atoms with E-state index < -0.39 is 0 Å². The van der Waals surface area contributed by atoms with Crippen LogP contribution in [0.1, 0.15) is 51.8 Å². The van der Waals surface area contributed by atoms with Gasteiger partial charge in [-0.1, -0.05) is 13.8 Å². The fourth-order valence-electron chi connectivity index (χ4n) is 1.74. The summed E-state index contributed by atoms with van der Waals surface area (Å²) in [5, 5.41) is 13.8. The molecule has 1 aromatic rings. The normalized spacial score (nSPS) is 15.3. The number of aliphatic hydroxyl groups excluding tert-OH is 1. The average Bonchev–Trinajstić information content (AvgIpc) is 2.59. The first-order valence-corrected chi connectivity index (χ1v) is 5.70. The van der Waals surface area contributed by atoms with Gasteiger partial charge in [-0.25, -0.2) is 9.67 Å². The van der Waals surface area contributed by atoms with Crippen molar-refractivity contribution in [3.05, 3.63) is 11.6 Å². The standard InChI is InChI=1S/C11H21N3O/c1-5-10-12-11(6-2)14(13-10)8(3)7-9(4)15/h8-9,15H,5-7H2,1-4H3.